The summed E-state index contributed by atoms with van der Waals surface area (Å²) in [5.74, 6) is 0. The molecule has 2 aromatic rings. The van der Waals surface area contributed by atoms with Gasteiger partial charge in [0.15, 0.2) is 5.43 Å². The molecule has 22 heavy (non-hydrogen) atoms. The fourth-order valence-electron chi connectivity index (χ4n) is 2.08. The van der Waals surface area contributed by atoms with Crippen LogP contribution in [-0.4, -0.2) is 24.6 Å². The number of rotatable bonds is 7. The van der Waals surface area contributed by atoms with E-state index in [9.17, 15) is 4.79 Å². The molecule has 3 N–H and O–H groups in total. The maximum Gasteiger partial charge on any atom is 0.193 e. The van der Waals surface area contributed by atoms with Crippen LogP contribution in [0.5, 0.6) is 0 Å². The van der Waals surface area contributed by atoms with Crippen LogP contribution in [0.4, 0.5) is 0 Å². The molecule has 0 saturated carbocycles. The topological polar surface area (TPSA) is 56.9 Å². The molecule has 0 aliphatic rings. The van der Waals surface area contributed by atoms with Gasteiger partial charge in [-0.25, -0.2) is 0 Å². The number of halogens is 3. The van der Waals surface area contributed by atoms with E-state index in [-0.39, 0.29) is 42.6 Å². The third kappa shape index (κ3) is 6.55. The van der Waals surface area contributed by atoms with Crippen LogP contribution < -0.4 is 16.1 Å². The lowest BCUT2D eigenvalue weighted by atomic mass is 10.1. The second-order valence-electron chi connectivity index (χ2n) is 4.57. The van der Waals surface area contributed by atoms with Crippen LogP contribution >= 0.6 is 37.2 Å². The van der Waals surface area contributed by atoms with E-state index >= 15 is 0 Å². The van der Waals surface area contributed by atoms with E-state index in [0.29, 0.717) is 6.54 Å². The summed E-state index contributed by atoms with van der Waals surface area (Å²) in [6.07, 6.45) is 2.88. The van der Waals surface area contributed by atoms with E-state index < -0.39 is 0 Å². The van der Waals surface area contributed by atoms with Gasteiger partial charge < -0.3 is 15.6 Å². The summed E-state index contributed by atoms with van der Waals surface area (Å²) < 4.78 is 0. The normalized spacial score (nSPS) is 9.50. The zero-order valence-corrected chi connectivity index (χ0v) is 15.0. The van der Waals surface area contributed by atoms with E-state index in [2.05, 4.69) is 22.5 Å². The quantitative estimate of drug-likeness (QED) is 0.659. The fourth-order valence-corrected chi connectivity index (χ4v) is 2.08. The molecule has 1 aromatic heterocycles. The first kappa shape index (κ1) is 23.5. The number of hydrogen-bond donors (Lipinski definition) is 3. The van der Waals surface area contributed by atoms with Gasteiger partial charge in [0, 0.05) is 29.2 Å². The molecule has 2 rings (SSSR count). The average molecular weight is 369 g/mol. The van der Waals surface area contributed by atoms with Gasteiger partial charge in [0.1, 0.15) is 0 Å². The van der Waals surface area contributed by atoms with Crippen molar-refractivity contribution in [1.82, 2.24) is 15.6 Å². The van der Waals surface area contributed by atoms with Crippen LogP contribution in [0.1, 0.15) is 18.9 Å². The van der Waals surface area contributed by atoms with Gasteiger partial charge in [-0.1, -0.05) is 19.1 Å². The van der Waals surface area contributed by atoms with E-state index in [4.69, 9.17) is 0 Å². The van der Waals surface area contributed by atoms with Gasteiger partial charge >= 0.3 is 0 Å². The Balaban J connectivity index is 0. The number of para-hydroxylation sites is 1. The molecule has 0 spiro atoms. The van der Waals surface area contributed by atoms with Crippen molar-refractivity contribution in [3.63, 3.8) is 0 Å². The molecule has 7 heteroatoms. The Bertz CT molecular complexity index is 589. The number of nitrogens with one attached hydrogen (secondary N) is 3. The first-order valence-electron chi connectivity index (χ1n) is 6.83. The Labute approximate surface area is 149 Å². The Kier molecular flexibility index (Phi) is 13.6. The SMILES string of the molecule is CCNCCCNCc1c[nH]c2ccccc2c1=O.Cl.Cl.Cl. The minimum Gasteiger partial charge on any atom is -0.361 e. The van der Waals surface area contributed by atoms with Gasteiger partial charge in [0.05, 0.1) is 0 Å². The summed E-state index contributed by atoms with van der Waals surface area (Å²) >= 11 is 0. The molecule has 0 fully saturated rings. The molecule has 4 nitrogen and oxygen atoms in total. The van der Waals surface area contributed by atoms with E-state index in [0.717, 1.165) is 42.5 Å². The number of aromatic amines is 1. The van der Waals surface area contributed by atoms with Crippen molar-refractivity contribution < 1.29 is 0 Å². The van der Waals surface area contributed by atoms with Crippen molar-refractivity contribution in [2.45, 2.75) is 19.9 Å². The van der Waals surface area contributed by atoms with Gasteiger partial charge in [-0.3, -0.25) is 4.79 Å². The Hall–Kier alpha value is -0.780. The summed E-state index contributed by atoms with van der Waals surface area (Å²) in [5, 5.41) is 7.34. The highest BCUT2D eigenvalue weighted by Crippen LogP contribution is 2.06. The highest BCUT2D eigenvalue weighted by Gasteiger charge is 2.03. The summed E-state index contributed by atoms with van der Waals surface area (Å²) in [5.41, 5.74) is 1.80. The van der Waals surface area contributed by atoms with E-state index in [1.807, 2.05) is 30.5 Å². The molecule has 0 unspecified atom stereocenters. The molecule has 0 bridgehead atoms. The second kappa shape index (κ2) is 12.7. The van der Waals surface area contributed by atoms with Crippen LogP contribution in [0.25, 0.3) is 10.9 Å². The first-order chi connectivity index (χ1) is 9.33. The number of H-pyrrole nitrogens is 1. The Morgan fingerprint density at radius 3 is 2.45 bits per heavy atom. The Morgan fingerprint density at radius 1 is 1.05 bits per heavy atom. The molecule has 0 aliphatic carbocycles. The number of pyridine rings is 1. The zero-order chi connectivity index (χ0) is 13.5. The van der Waals surface area contributed by atoms with Gasteiger partial charge in [0.25, 0.3) is 0 Å². The molecule has 0 radical (unpaired) electrons. The smallest absolute Gasteiger partial charge is 0.193 e. The summed E-state index contributed by atoms with van der Waals surface area (Å²) in [6, 6.07) is 7.61. The van der Waals surface area contributed by atoms with Crippen molar-refractivity contribution in [2.75, 3.05) is 19.6 Å². The molecule has 1 heterocycles. The van der Waals surface area contributed by atoms with Crippen LogP contribution in [0, 0.1) is 0 Å². The van der Waals surface area contributed by atoms with Crippen molar-refractivity contribution in [3.8, 4) is 0 Å². The highest BCUT2D eigenvalue weighted by atomic mass is 35.5. The fraction of sp³-hybridized carbons (Fsp3) is 0.400. The molecule has 0 saturated heterocycles. The van der Waals surface area contributed by atoms with Crippen molar-refractivity contribution in [2.24, 2.45) is 0 Å². The molecule has 126 valence electrons. The lowest BCUT2D eigenvalue weighted by Crippen LogP contribution is -2.24. The standard InChI is InChI=1S/C15H21N3O.3ClH/c1-2-16-8-5-9-17-10-12-11-18-14-7-4-3-6-13(14)15(12)19;;;/h3-4,6-7,11,16-17H,2,5,8-10H2,1H3,(H,18,19);3*1H. The predicted octanol–water partition coefficient (Wildman–Crippen LogP) is 2.88. The minimum atomic E-state index is 0. The van der Waals surface area contributed by atoms with Gasteiger partial charge in [-0.05, 0) is 38.2 Å². The van der Waals surface area contributed by atoms with Crippen molar-refractivity contribution in [1.29, 1.82) is 0 Å². The average Bonchev–Trinajstić information content (AvgIpc) is 2.45. The van der Waals surface area contributed by atoms with Gasteiger partial charge in [0.2, 0.25) is 0 Å². The maximum absolute atomic E-state index is 12.2. The molecule has 0 amide bonds. The van der Waals surface area contributed by atoms with Gasteiger partial charge in [-0.15, -0.1) is 37.2 Å². The monoisotopic (exact) mass is 367 g/mol. The number of hydrogen-bond acceptors (Lipinski definition) is 3. The molecule has 0 atom stereocenters. The molecular formula is C15H24Cl3N3O. The summed E-state index contributed by atoms with van der Waals surface area (Å²) in [7, 11) is 0. The van der Waals surface area contributed by atoms with Crippen LogP contribution in [0.2, 0.25) is 0 Å². The second-order valence-corrected chi connectivity index (χ2v) is 4.57. The lowest BCUT2D eigenvalue weighted by molar-refractivity contribution is 0.605. The molecule has 1 aromatic carbocycles. The summed E-state index contributed by atoms with van der Waals surface area (Å²) in [6.45, 7) is 5.65. The summed E-state index contributed by atoms with van der Waals surface area (Å²) in [4.78, 5) is 15.4. The lowest BCUT2D eigenvalue weighted by Gasteiger charge is -2.06. The predicted molar refractivity (Wildman–Crippen MR) is 101 cm³/mol. The third-order valence-electron chi connectivity index (χ3n) is 3.14. The highest BCUT2D eigenvalue weighted by molar-refractivity contribution is 5.86. The van der Waals surface area contributed by atoms with E-state index in [1.54, 1.807) is 0 Å². The van der Waals surface area contributed by atoms with Crippen molar-refractivity contribution in [3.05, 3.63) is 46.2 Å². The zero-order valence-electron chi connectivity index (χ0n) is 12.6. The first-order valence-corrected chi connectivity index (χ1v) is 6.83. The van der Waals surface area contributed by atoms with Crippen LogP contribution in [-0.2, 0) is 6.54 Å². The van der Waals surface area contributed by atoms with Crippen molar-refractivity contribution >= 4 is 48.1 Å². The molecule has 0 aliphatic heterocycles. The largest absolute Gasteiger partial charge is 0.361 e. The Morgan fingerprint density at radius 2 is 1.73 bits per heavy atom. The van der Waals surface area contributed by atoms with Gasteiger partial charge in [-0.2, -0.15) is 0 Å². The third-order valence-corrected chi connectivity index (χ3v) is 3.14. The maximum atomic E-state index is 12.2. The minimum absolute atomic E-state index is 0. The molecular weight excluding hydrogens is 345 g/mol. The number of fused-ring (bicyclic) bond motifs is 1. The van der Waals surface area contributed by atoms with Crippen LogP contribution in [0.3, 0.4) is 0 Å². The number of benzene rings is 1. The van der Waals surface area contributed by atoms with E-state index in [1.165, 1.54) is 0 Å². The van der Waals surface area contributed by atoms with Crippen LogP contribution in [0.15, 0.2) is 35.3 Å². The number of aromatic nitrogens is 1.